The average molecular weight is 296 g/mol. The van der Waals surface area contributed by atoms with Crippen LogP contribution in [0, 0.1) is 0 Å². The molecule has 0 fully saturated rings. The second-order valence-electron chi connectivity index (χ2n) is 4.20. The van der Waals surface area contributed by atoms with Crippen molar-refractivity contribution >= 4 is 29.5 Å². The van der Waals surface area contributed by atoms with Crippen LogP contribution in [-0.2, 0) is 0 Å². The molecule has 1 rings (SSSR count). The molecule has 0 saturated heterocycles. The fourth-order valence-corrected chi connectivity index (χ4v) is 2.15. The van der Waals surface area contributed by atoms with Gasteiger partial charge in [0.25, 0.3) is 0 Å². The van der Waals surface area contributed by atoms with Gasteiger partial charge in [-0.2, -0.15) is 11.8 Å². The van der Waals surface area contributed by atoms with Gasteiger partial charge in [0.15, 0.2) is 0 Å². The molecular weight excluding hydrogens is 276 g/mol. The molecule has 0 aromatic carbocycles. The van der Waals surface area contributed by atoms with Crippen LogP contribution in [0.4, 0.5) is 0 Å². The molecule has 7 heteroatoms. The van der Waals surface area contributed by atoms with Crippen molar-refractivity contribution in [3.8, 4) is 0 Å². The van der Waals surface area contributed by atoms with Gasteiger partial charge < -0.3 is 9.73 Å². The minimum Gasteiger partial charge on any atom is -0.412 e. The number of carbonyl (C=O) groups excluding carboxylic acids is 1. The smallest absolute Gasteiger partial charge is 0.309 e. The molecule has 1 aromatic heterocycles. The Hall–Kier alpha value is -1.63. The van der Waals surface area contributed by atoms with Crippen LogP contribution >= 0.6 is 11.8 Å². The summed E-state index contributed by atoms with van der Waals surface area (Å²) in [4.78, 5) is 15.8. The minimum atomic E-state index is -0.352. The van der Waals surface area contributed by atoms with E-state index in [0.717, 1.165) is 17.7 Å². The number of allylic oxidation sites excluding steroid dienone is 2. The van der Waals surface area contributed by atoms with E-state index in [1.54, 1.807) is 25.0 Å². The summed E-state index contributed by atoms with van der Waals surface area (Å²) in [6.07, 6.45) is 6.35. The lowest BCUT2D eigenvalue weighted by Gasteiger charge is -2.09. The standard InChI is InChI=1S/C13H20N4O2S/c1-5-6-10(7-14-3)12-16-17-13(19-12)11(18)15-9(2)8-20-4/h6-7,9H,5,8H2,1-4H3,(H,15,18)/b10-6+,14-7?/t9-/m0/s1. The molecule has 1 N–H and O–H groups in total. The number of nitrogens with one attached hydrogen (secondary N) is 1. The Bertz CT molecular complexity index is 496. The molecule has 1 heterocycles. The van der Waals surface area contributed by atoms with Crippen LogP contribution in [0.15, 0.2) is 15.5 Å². The molecule has 110 valence electrons. The Morgan fingerprint density at radius 1 is 1.50 bits per heavy atom. The van der Waals surface area contributed by atoms with Gasteiger partial charge in [0, 0.05) is 25.1 Å². The van der Waals surface area contributed by atoms with Crippen LogP contribution in [0.5, 0.6) is 0 Å². The summed E-state index contributed by atoms with van der Waals surface area (Å²) < 4.78 is 5.39. The molecular formula is C13H20N4O2S. The van der Waals surface area contributed by atoms with Crippen LogP contribution < -0.4 is 5.32 Å². The Labute approximate surface area is 123 Å². The third kappa shape index (κ3) is 4.80. The molecule has 0 aliphatic heterocycles. The fourth-order valence-electron chi connectivity index (χ4n) is 1.56. The minimum absolute atomic E-state index is 0.0283. The van der Waals surface area contributed by atoms with E-state index in [2.05, 4.69) is 20.5 Å². The van der Waals surface area contributed by atoms with Crippen molar-refractivity contribution in [3.63, 3.8) is 0 Å². The summed E-state index contributed by atoms with van der Waals surface area (Å²) in [6.45, 7) is 3.93. The number of hydrogen-bond acceptors (Lipinski definition) is 6. The van der Waals surface area contributed by atoms with Gasteiger partial charge in [0.05, 0.1) is 5.57 Å². The van der Waals surface area contributed by atoms with E-state index in [1.807, 2.05) is 26.2 Å². The zero-order valence-electron chi connectivity index (χ0n) is 12.2. The Morgan fingerprint density at radius 2 is 2.20 bits per heavy atom. The first-order chi connectivity index (χ1) is 9.62. The first kappa shape index (κ1) is 16.4. The van der Waals surface area contributed by atoms with E-state index in [0.29, 0.717) is 5.89 Å². The Kier molecular flexibility index (Phi) is 7.00. The summed E-state index contributed by atoms with van der Waals surface area (Å²) in [5, 5.41) is 10.5. The van der Waals surface area contributed by atoms with Crippen molar-refractivity contribution in [3.05, 3.63) is 17.9 Å². The number of carbonyl (C=O) groups is 1. The molecule has 0 saturated carbocycles. The lowest BCUT2D eigenvalue weighted by molar-refractivity contribution is 0.0908. The molecule has 0 unspecified atom stereocenters. The molecule has 6 nitrogen and oxygen atoms in total. The predicted octanol–water partition coefficient (Wildman–Crippen LogP) is 2.04. The number of thioether (sulfide) groups is 1. The Morgan fingerprint density at radius 3 is 2.80 bits per heavy atom. The van der Waals surface area contributed by atoms with Gasteiger partial charge in [-0.25, -0.2) is 0 Å². The normalized spacial score (nSPS) is 13.7. The largest absolute Gasteiger partial charge is 0.412 e. The maximum Gasteiger partial charge on any atom is 0.309 e. The predicted molar refractivity (Wildman–Crippen MR) is 82.3 cm³/mol. The van der Waals surface area contributed by atoms with Gasteiger partial charge in [0.2, 0.25) is 5.89 Å². The summed E-state index contributed by atoms with van der Waals surface area (Å²) in [5.74, 6) is 0.755. The summed E-state index contributed by atoms with van der Waals surface area (Å²) >= 11 is 1.66. The zero-order chi connectivity index (χ0) is 15.0. The maximum atomic E-state index is 11.9. The topological polar surface area (TPSA) is 80.4 Å². The van der Waals surface area contributed by atoms with E-state index < -0.39 is 0 Å². The fraction of sp³-hybridized carbons (Fsp3) is 0.538. The number of rotatable bonds is 7. The number of aromatic nitrogens is 2. The van der Waals surface area contributed by atoms with Crippen LogP contribution in [0.3, 0.4) is 0 Å². The van der Waals surface area contributed by atoms with E-state index in [4.69, 9.17) is 4.42 Å². The third-order valence-electron chi connectivity index (χ3n) is 2.35. The second-order valence-corrected chi connectivity index (χ2v) is 5.11. The monoisotopic (exact) mass is 296 g/mol. The summed E-state index contributed by atoms with van der Waals surface area (Å²) in [5.41, 5.74) is 0.721. The van der Waals surface area contributed by atoms with E-state index >= 15 is 0 Å². The molecule has 1 atom stereocenters. The first-order valence-electron chi connectivity index (χ1n) is 6.38. The summed E-state index contributed by atoms with van der Waals surface area (Å²) in [7, 11) is 1.66. The average Bonchev–Trinajstić information content (AvgIpc) is 2.88. The molecule has 1 aromatic rings. The third-order valence-corrected chi connectivity index (χ3v) is 3.19. The highest BCUT2D eigenvalue weighted by molar-refractivity contribution is 7.98. The second kappa shape index (κ2) is 8.52. The molecule has 1 amide bonds. The molecule has 0 bridgehead atoms. The van der Waals surface area contributed by atoms with Crippen molar-refractivity contribution in [1.82, 2.24) is 15.5 Å². The molecule has 0 aliphatic carbocycles. The van der Waals surface area contributed by atoms with Crippen molar-refractivity contribution in [2.45, 2.75) is 26.3 Å². The first-order valence-corrected chi connectivity index (χ1v) is 7.77. The highest BCUT2D eigenvalue weighted by Gasteiger charge is 2.17. The molecule has 0 spiro atoms. The van der Waals surface area contributed by atoms with Crippen molar-refractivity contribution in [2.24, 2.45) is 4.99 Å². The van der Waals surface area contributed by atoms with Crippen LogP contribution in [0.25, 0.3) is 5.57 Å². The van der Waals surface area contributed by atoms with Gasteiger partial charge in [0.1, 0.15) is 0 Å². The van der Waals surface area contributed by atoms with Crippen LogP contribution in [-0.4, -0.2) is 47.4 Å². The van der Waals surface area contributed by atoms with Crippen molar-refractivity contribution in [2.75, 3.05) is 19.1 Å². The van der Waals surface area contributed by atoms with Crippen LogP contribution in [0.2, 0.25) is 0 Å². The van der Waals surface area contributed by atoms with Crippen LogP contribution in [0.1, 0.15) is 36.8 Å². The van der Waals surface area contributed by atoms with Crippen molar-refractivity contribution in [1.29, 1.82) is 0 Å². The van der Waals surface area contributed by atoms with E-state index in [1.165, 1.54) is 0 Å². The zero-order valence-corrected chi connectivity index (χ0v) is 13.0. The molecule has 0 aliphatic rings. The van der Waals surface area contributed by atoms with Gasteiger partial charge >= 0.3 is 11.8 Å². The van der Waals surface area contributed by atoms with E-state index in [-0.39, 0.29) is 17.8 Å². The van der Waals surface area contributed by atoms with Gasteiger partial charge in [-0.1, -0.05) is 13.0 Å². The molecule has 0 radical (unpaired) electrons. The molecule has 20 heavy (non-hydrogen) atoms. The van der Waals surface area contributed by atoms with Crippen molar-refractivity contribution < 1.29 is 9.21 Å². The SMILES string of the molecule is CC/C=C(\C=NC)c1nnc(C(=O)N[C@@H](C)CSC)o1. The summed E-state index contributed by atoms with van der Waals surface area (Å²) in [6, 6.07) is 0.0516. The van der Waals surface area contributed by atoms with Gasteiger partial charge in [-0.05, 0) is 19.6 Å². The lowest BCUT2D eigenvalue weighted by Crippen LogP contribution is -2.34. The maximum absolute atomic E-state index is 11.9. The van der Waals surface area contributed by atoms with Gasteiger partial charge in [-0.15, -0.1) is 10.2 Å². The lowest BCUT2D eigenvalue weighted by atomic mass is 10.2. The van der Waals surface area contributed by atoms with Gasteiger partial charge in [-0.3, -0.25) is 9.79 Å². The number of nitrogens with zero attached hydrogens (tertiary/aromatic N) is 3. The van der Waals surface area contributed by atoms with E-state index in [9.17, 15) is 4.79 Å². The number of hydrogen-bond donors (Lipinski definition) is 1. The quantitative estimate of drug-likeness (QED) is 0.779. The Balaban J connectivity index is 2.80. The highest BCUT2D eigenvalue weighted by atomic mass is 32.2. The number of aliphatic imine (C=N–C) groups is 1. The highest BCUT2D eigenvalue weighted by Crippen LogP contribution is 2.12. The number of amides is 1.